The Kier molecular flexibility index (Phi) is 5.57. The predicted molar refractivity (Wildman–Crippen MR) is 140 cm³/mol. The fourth-order valence-corrected chi connectivity index (χ4v) is 11.9. The summed E-state index contributed by atoms with van der Waals surface area (Å²) < 4.78 is 5.91. The van der Waals surface area contributed by atoms with E-state index in [0.717, 1.165) is 30.1 Å². The van der Waals surface area contributed by atoms with Crippen LogP contribution in [0, 0.1) is 56.7 Å². The van der Waals surface area contributed by atoms with Crippen LogP contribution in [0.3, 0.4) is 0 Å². The number of carbonyl (C=O) groups excluding carboxylic acids is 1. The molecule has 0 amide bonds. The summed E-state index contributed by atoms with van der Waals surface area (Å²) in [5.41, 5.74) is 3.23. The van der Waals surface area contributed by atoms with Gasteiger partial charge in [-0.05, 0) is 122 Å². The Labute approximate surface area is 210 Å². The van der Waals surface area contributed by atoms with Crippen LogP contribution in [0.1, 0.15) is 120 Å². The molecule has 0 aromatic rings. The van der Waals surface area contributed by atoms with Crippen LogP contribution in [0.5, 0.6) is 0 Å². The molecule has 5 saturated carbocycles. The van der Waals surface area contributed by atoms with Crippen LogP contribution in [0.4, 0.5) is 0 Å². The van der Waals surface area contributed by atoms with E-state index in [1.807, 2.05) is 0 Å². The Hall–Kier alpha value is -0.790. The number of carbonyl (C=O) groups is 1. The van der Waals surface area contributed by atoms with Crippen molar-refractivity contribution >= 4 is 5.97 Å². The van der Waals surface area contributed by atoms with Crippen LogP contribution >= 0.6 is 0 Å². The quantitative estimate of drug-likeness (QED) is 0.299. The van der Waals surface area contributed by atoms with Crippen molar-refractivity contribution in [3.8, 4) is 0 Å². The number of fused-ring (bicyclic) bond motifs is 7. The molecule has 10 atom stereocenters. The molecule has 2 nitrogen and oxygen atoms in total. The van der Waals surface area contributed by atoms with Crippen molar-refractivity contribution in [3.63, 3.8) is 0 Å². The van der Waals surface area contributed by atoms with E-state index in [4.69, 9.17) is 4.74 Å². The lowest BCUT2D eigenvalue weighted by molar-refractivity contribution is -0.248. The van der Waals surface area contributed by atoms with Gasteiger partial charge in [0, 0.05) is 12.3 Å². The molecule has 5 aliphatic carbocycles. The maximum atomic E-state index is 11.9. The van der Waals surface area contributed by atoms with Crippen molar-refractivity contribution in [2.75, 3.05) is 0 Å². The van der Waals surface area contributed by atoms with Gasteiger partial charge in [0.2, 0.25) is 0 Å². The molecule has 5 aliphatic rings. The van der Waals surface area contributed by atoms with Gasteiger partial charge in [-0.1, -0.05) is 53.7 Å². The molecule has 5 rings (SSSR count). The summed E-state index contributed by atoms with van der Waals surface area (Å²) in [5.74, 6) is 3.74. The van der Waals surface area contributed by atoms with E-state index in [2.05, 4.69) is 55.0 Å². The van der Waals surface area contributed by atoms with E-state index >= 15 is 0 Å². The Morgan fingerprint density at radius 2 is 1.47 bits per heavy atom. The largest absolute Gasteiger partial charge is 0.462 e. The first-order valence-corrected chi connectivity index (χ1v) is 14.5. The molecular weight excluding hydrogens is 416 g/mol. The van der Waals surface area contributed by atoms with Crippen LogP contribution in [0.2, 0.25) is 0 Å². The highest BCUT2D eigenvalue weighted by molar-refractivity contribution is 5.66. The van der Waals surface area contributed by atoms with E-state index in [1.165, 1.54) is 63.4 Å². The van der Waals surface area contributed by atoms with Crippen molar-refractivity contribution in [3.05, 3.63) is 12.2 Å². The third kappa shape index (κ3) is 3.08. The van der Waals surface area contributed by atoms with Gasteiger partial charge in [-0.3, -0.25) is 4.79 Å². The van der Waals surface area contributed by atoms with Gasteiger partial charge in [0.15, 0.2) is 0 Å². The molecule has 0 radical (unpaired) electrons. The summed E-state index contributed by atoms with van der Waals surface area (Å²) in [6, 6.07) is 0. The van der Waals surface area contributed by atoms with Gasteiger partial charge >= 0.3 is 5.97 Å². The number of rotatable bonds is 2. The van der Waals surface area contributed by atoms with Crippen LogP contribution in [-0.2, 0) is 9.53 Å². The fourth-order valence-electron chi connectivity index (χ4n) is 11.9. The van der Waals surface area contributed by atoms with Gasteiger partial charge in [0.25, 0.3) is 0 Å². The summed E-state index contributed by atoms with van der Waals surface area (Å²) in [7, 11) is 0. The standard InChI is InChI=1S/C32H52O2/c1-20(2)22-12-15-29(6)18-19-31(8)23(27(22)29)10-11-25-30(7)16-14-26(34-21(3)33)28(4,5)24(30)13-17-32(25,31)9/h22-27H,1,10-19H2,2-9H3/t22-,23+,24+,25-,26+,27+,29-,30-,31-,32+/m1/s1. The first kappa shape index (κ1) is 24.9. The van der Waals surface area contributed by atoms with Gasteiger partial charge in [0.05, 0.1) is 0 Å². The zero-order chi connectivity index (χ0) is 24.9. The summed E-state index contributed by atoms with van der Waals surface area (Å²) in [5, 5.41) is 0. The average molecular weight is 469 g/mol. The van der Waals surface area contributed by atoms with Gasteiger partial charge in [-0.2, -0.15) is 0 Å². The molecule has 0 N–H and O–H groups in total. The minimum atomic E-state index is -0.107. The van der Waals surface area contributed by atoms with Crippen LogP contribution in [0.15, 0.2) is 12.2 Å². The van der Waals surface area contributed by atoms with Gasteiger partial charge in [0.1, 0.15) is 6.10 Å². The van der Waals surface area contributed by atoms with Crippen molar-refractivity contribution < 1.29 is 9.53 Å². The lowest BCUT2D eigenvalue weighted by Crippen LogP contribution is -2.66. The summed E-state index contributed by atoms with van der Waals surface area (Å²) >= 11 is 0. The molecule has 0 saturated heterocycles. The zero-order valence-electron chi connectivity index (χ0n) is 23.6. The van der Waals surface area contributed by atoms with Crippen molar-refractivity contribution in [2.45, 2.75) is 126 Å². The number of ether oxygens (including phenoxy) is 1. The molecule has 0 aromatic heterocycles. The predicted octanol–water partition coefficient (Wildman–Crippen LogP) is 8.60. The minimum absolute atomic E-state index is 0.0550. The minimum Gasteiger partial charge on any atom is -0.462 e. The number of hydrogen-bond donors (Lipinski definition) is 0. The second kappa shape index (κ2) is 7.61. The monoisotopic (exact) mass is 468 g/mol. The molecule has 5 fully saturated rings. The summed E-state index contributed by atoms with van der Waals surface area (Å²) in [6.07, 6.45) is 13.4. The van der Waals surface area contributed by atoms with Crippen LogP contribution in [-0.4, -0.2) is 12.1 Å². The van der Waals surface area contributed by atoms with E-state index in [0.29, 0.717) is 27.6 Å². The second-order valence-corrected chi connectivity index (χ2v) is 15.3. The van der Waals surface area contributed by atoms with Gasteiger partial charge in [-0.15, -0.1) is 0 Å². The summed E-state index contributed by atoms with van der Waals surface area (Å²) in [4.78, 5) is 11.9. The van der Waals surface area contributed by atoms with Crippen molar-refractivity contribution in [1.82, 2.24) is 0 Å². The summed E-state index contributed by atoms with van der Waals surface area (Å²) in [6.45, 7) is 23.9. The number of allylic oxidation sites excluding steroid dienone is 1. The average Bonchev–Trinajstić information content (AvgIpc) is 3.08. The Bertz CT molecular complexity index is 872. The second-order valence-electron chi connectivity index (χ2n) is 15.3. The van der Waals surface area contributed by atoms with E-state index in [9.17, 15) is 4.79 Å². The third-order valence-electron chi connectivity index (χ3n) is 13.7. The molecule has 0 aliphatic heterocycles. The molecule has 192 valence electrons. The van der Waals surface area contributed by atoms with E-state index < -0.39 is 0 Å². The highest BCUT2D eigenvalue weighted by atomic mass is 16.5. The molecule has 0 heterocycles. The van der Waals surface area contributed by atoms with E-state index in [-0.39, 0.29) is 17.5 Å². The van der Waals surface area contributed by atoms with E-state index in [1.54, 1.807) is 6.92 Å². The molecule has 0 aromatic carbocycles. The fraction of sp³-hybridized carbons (Fsp3) is 0.906. The molecular formula is C32H52O2. The molecule has 34 heavy (non-hydrogen) atoms. The Balaban J connectivity index is 1.50. The highest BCUT2D eigenvalue weighted by Crippen LogP contribution is 2.77. The van der Waals surface area contributed by atoms with Crippen LogP contribution in [0.25, 0.3) is 0 Å². The van der Waals surface area contributed by atoms with Gasteiger partial charge < -0.3 is 4.74 Å². The smallest absolute Gasteiger partial charge is 0.302 e. The molecule has 0 spiro atoms. The normalized spacial score (nSPS) is 53.6. The number of esters is 1. The van der Waals surface area contributed by atoms with Gasteiger partial charge in [-0.25, -0.2) is 0 Å². The lowest BCUT2D eigenvalue weighted by atomic mass is 9.32. The maximum Gasteiger partial charge on any atom is 0.302 e. The zero-order valence-corrected chi connectivity index (χ0v) is 23.6. The van der Waals surface area contributed by atoms with Crippen molar-refractivity contribution in [2.24, 2.45) is 56.7 Å². The highest BCUT2D eigenvalue weighted by Gasteiger charge is 2.70. The first-order chi connectivity index (χ1) is 15.7. The number of hydrogen-bond acceptors (Lipinski definition) is 2. The molecule has 0 unspecified atom stereocenters. The lowest BCUT2D eigenvalue weighted by Gasteiger charge is -2.73. The molecule has 2 heteroatoms. The molecule has 0 bridgehead atoms. The first-order valence-electron chi connectivity index (χ1n) is 14.5. The maximum absolute atomic E-state index is 11.9. The Morgan fingerprint density at radius 3 is 2.12 bits per heavy atom. The SMILES string of the molecule is C=C(C)[C@H]1CC[C@]2(C)CC[C@]3(C)[C@@H](CC[C@@H]4[C@]5(C)CC[C@H](OC(C)=O)C(C)(C)[C@@H]5CC[C@@]43C)[C@H]12. The Morgan fingerprint density at radius 1 is 0.765 bits per heavy atom. The third-order valence-corrected chi connectivity index (χ3v) is 13.7. The topological polar surface area (TPSA) is 26.3 Å². The van der Waals surface area contributed by atoms with Crippen LogP contribution < -0.4 is 0 Å². The van der Waals surface area contributed by atoms with Crippen molar-refractivity contribution in [1.29, 1.82) is 0 Å².